The van der Waals surface area contributed by atoms with Crippen LogP contribution in [0.25, 0.3) is 0 Å². The maximum atomic E-state index is 0. The van der Waals surface area contributed by atoms with Crippen molar-refractivity contribution in [2.45, 2.75) is 0 Å². The van der Waals surface area contributed by atoms with Gasteiger partial charge in [0.2, 0.25) is 0 Å². The molecule has 0 atom stereocenters. The Labute approximate surface area is 82.8 Å². The molecule has 0 saturated carbocycles. The second-order valence-electron chi connectivity index (χ2n) is 0. The van der Waals surface area contributed by atoms with Crippen LogP contribution in [0.5, 0.6) is 0 Å². The van der Waals surface area contributed by atoms with Crippen LogP contribution in [0.15, 0.2) is 0 Å². The molecule has 32 valence electrons. The minimum atomic E-state index is 0. The Kier molecular flexibility index (Phi) is 398. The topological polar surface area (TPSA) is 31.5 Å². The summed E-state index contributed by atoms with van der Waals surface area (Å²) in [5, 5.41) is 0. The van der Waals surface area contributed by atoms with Crippen LogP contribution in [0.1, 0.15) is 0 Å². The van der Waals surface area contributed by atoms with E-state index in [0.29, 0.717) is 0 Å². The molecule has 0 aliphatic rings. The largest absolute Gasteiger partial charge is 3.00 e. The fraction of sp³-hybridized carbons (Fsp3) is 0. The van der Waals surface area contributed by atoms with Gasteiger partial charge in [-0.05, 0) is 0 Å². The summed E-state index contributed by atoms with van der Waals surface area (Å²) in [6.45, 7) is 0. The van der Waals surface area contributed by atoms with Crippen LogP contribution in [-0.4, -0.2) is 5.48 Å². The van der Waals surface area contributed by atoms with Gasteiger partial charge in [0.1, 0.15) is 0 Å². The summed E-state index contributed by atoms with van der Waals surface area (Å²) < 4.78 is 0. The summed E-state index contributed by atoms with van der Waals surface area (Å²) in [5.41, 5.74) is 0. The number of halogens is 3. The number of rotatable bonds is 0. The van der Waals surface area contributed by atoms with Gasteiger partial charge in [-0.1, -0.05) is 0 Å². The zero-order valence-corrected chi connectivity index (χ0v) is 8.18. The molecule has 5 heavy (non-hydrogen) atoms. The Balaban J connectivity index is 0. The Morgan fingerprint density at radius 1 is 0.600 bits per heavy atom. The van der Waals surface area contributed by atoms with E-state index in [0.717, 1.165) is 0 Å². The summed E-state index contributed by atoms with van der Waals surface area (Å²) >= 11 is 0. The van der Waals surface area contributed by atoms with Gasteiger partial charge < -0.3 is 42.7 Å². The molecular formula is H2Cl3OPr. The van der Waals surface area contributed by atoms with Gasteiger partial charge in [0.05, 0.1) is 0 Å². The van der Waals surface area contributed by atoms with Crippen molar-refractivity contribution < 1.29 is 84.0 Å². The van der Waals surface area contributed by atoms with Crippen molar-refractivity contribution in [1.29, 1.82) is 0 Å². The third-order valence-electron chi connectivity index (χ3n) is 0. The van der Waals surface area contributed by atoms with Gasteiger partial charge in [0, 0.05) is 0 Å². The third-order valence-corrected chi connectivity index (χ3v) is 0. The molecule has 0 aliphatic heterocycles. The molecule has 1 nitrogen and oxygen atoms in total. The van der Waals surface area contributed by atoms with Gasteiger partial charge in [-0.15, -0.1) is 0 Å². The van der Waals surface area contributed by atoms with Crippen molar-refractivity contribution in [3.8, 4) is 0 Å². The average molecular weight is 265 g/mol. The molecular weight excluding hydrogens is 263 g/mol. The Morgan fingerprint density at radius 3 is 0.600 bits per heavy atom. The van der Waals surface area contributed by atoms with E-state index in [1.807, 2.05) is 0 Å². The predicted octanol–water partition coefficient (Wildman–Crippen LogP) is -9.81. The second kappa shape index (κ2) is 34.7. The number of hydrogen-bond donors (Lipinski definition) is 0. The molecule has 0 rings (SSSR count). The Hall–Kier alpha value is 2.19. The summed E-state index contributed by atoms with van der Waals surface area (Å²) in [4.78, 5) is 0. The average Bonchev–Trinajstić information content (AvgIpc) is 0. The molecule has 0 bridgehead atoms. The summed E-state index contributed by atoms with van der Waals surface area (Å²) in [6.07, 6.45) is 0. The minimum absolute atomic E-state index is 0. The van der Waals surface area contributed by atoms with E-state index in [9.17, 15) is 0 Å². The van der Waals surface area contributed by atoms with E-state index in [1.165, 1.54) is 0 Å². The normalized spacial score (nSPS) is 0. The Morgan fingerprint density at radius 2 is 0.600 bits per heavy atom. The van der Waals surface area contributed by atoms with E-state index in [4.69, 9.17) is 0 Å². The van der Waals surface area contributed by atoms with Crippen LogP contribution in [-0.2, 0) is 0 Å². The second-order valence-corrected chi connectivity index (χ2v) is 0. The zero-order valence-electron chi connectivity index (χ0n) is 2.21. The van der Waals surface area contributed by atoms with Crippen LogP contribution < -0.4 is 37.2 Å². The first-order valence-electron chi connectivity index (χ1n) is 0. The molecule has 0 spiro atoms. The van der Waals surface area contributed by atoms with Gasteiger partial charge in [0.25, 0.3) is 0 Å². The summed E-state index contributed by atoms with van der Waals surface area (Å²) in [5.74, 6) is 0. The van der Waals surface area contributed by atoms with E-state index in [1.54, 1.807) is 0 Å². The fourth-order valence-corrected chi connectivity index (χ4v) is 0. The van der Waals surface area contributed by atoms with Gasteiger partial charge in [-0.25, -0.2) is 0 Å². The fourth-order valence-electron chi connectivity index (χ4n) is 0. The van der Waals surface area contributed by atoms with Gasteiger partial charge >= 0.3 is 41.3 Å². The van der Waals surface area contributed by atoms with Crippen LogP contribution in [0.2, 0.25) is 0 Å². The van der Waals surface area contributed by atoms with E-state index in [-0.39, 0.29) is 84.0 Å². The van der Waals surface area contributed by atoms with Crippen molar-refractivity contribution in [3.63, 3.8) is 0 Å². The van der Waals surface area contributed by atoms with Gasteiger partial charge in [-0.2, -0.15) is 0 Å². The molecule has 0 amide bonds. The summed E-state index contributed by atoms with van der Waals surface area (Å²) in [6, 6.07) is 0. The molecule has 0 radical (unpaired) electrons. The van der Waals surface area contributed by atoms with E-state index < -0.39 is 0 Å². The molecule has 0 aromatic carbocycles. The minimum Gasteiger partial charge on any atom is -1.00 e. The van der Waals surface area contributed by atoms with Crippen molar-refractivity contribution >= 4 is 0 Å². The van der Waals surface area contributed by atoms with Crippen molar-refractivity contribution in [2.75, 3.05) is 0 Å². The van der Waals surface area contributed by atoms with E-state index in [2.05, 4.69) is 0 Å². The third kappa shape index (κ3) is 22.6. The molecule has 0 fully saturated rings. The first-order chi connectivity index (χ1) is 0. The molecule has 5 heteroatoms. The van der Waals surface area contributed by atoms with Crippen LogP contribution >= 0.6 is 0 Å². The molecule has 0 aliphatic carbocycles. The number of hydrogen-bond acceptors (Lipinski definition) is 0. The molecule has 2 N–H and O–H groups in total. The van der Waals surface area contributed by atoms with E-state index >= 15 is 0 Å². The van der Waals surface area contributed by atoms with Crippen LogP contribution in [0.3, 0.4) is 0 Å². The molecule has 0 unspecified atom stereocenters. The maximum Gasteiger partial charge on any atom is 3.00 e. The molecule has 0 aromatic heterocycles. The molecule has 0 heterocycles. The Bertz CT molecular complexity index is 6.85. The standard InChI is InChI=1S/3ClH.H2O.Pr/h3*1H;1H2;/q;;;;+3/p-3. The van der Waals surface area contributed by atoms with Crippen LogP contribution in [0.4, 0.5) is 0 Å². The van der Waals surface area contributed by atoms with Gasteiger partial charge in [-0.3, -0.25) is 0 Å². The smallest absolute Gasteiger partial charge is 1.00 e. The van der Waals surface area contributed by atoms with Crippen LogP contribution in [0, 0.1) is 41.3 Å². The SMILES string of the molecule is O.[Cl-].[Cl-].[Cl-].[Pr+3]. The van der Waals surface area contributed by atoms with Crippen molar-refractivity contribution in [1.82, 2.24) is 0 Å². The monoisotopic (exact) mass is 264 g/mol. The quantitative estimate of drug-likeness (QED) is 0.417. The first kappa shape index (κ1) is 57.3. The van der Waals surface area contributed by atoms with Crippen molar-refractivity contribution in [2.24, 2.45) is 0 Å². The zero-order chi connectivity index (χ0) is 0. The van der Waals surface area contributed by atoms with Crippen molar-refractivity contribution in [3.05, 3.63) is 0 Å². The van der Waals surface area contributed by atoms with Gasteiger partial charge in [0.15, 0.2) is 0 Å². The molecule has 0 aromatic rings. The first-order valence-corrected chi connectivity index (χ1v) is 0. The maximum absolute atomic E-state index is 0. The molecule has 0 saturated heterocycles. The predicted molar refractivity (Wildman–Crippen MR) is 3.61 cm³/mol. The summed E-state index contributed by atoms with van der Waals surface area (Å²) in [7, 11) is 0.